The highest BCUT2D eigenvalue weighted by Gasteiger charge is 2.06. The van der Waals surface area contributed by atoms with Gasteiger partial charge in [-0.25, -0.2) is 4.98 Å². The molecule has 2 aromatic heterocycles. The molecule has 2 aromatic carbocycles. The summed E-state index contributed by atoms with van der Waals surface area (Å²) in [5.74, 6) is 0.317. The van der Waals surface area contributed by atoms with Crippen LogP contribution in [0.1, 0.15) is 10.4 Å². The lowest BCUT2D eigenvalue weighted by atomic mass is 10.2. The highest BCUT2D eigenvalue weighted by atomic mass is 16.1. The SMILES string of the molecule is O=C(Nc1ccc(Nc2cccc3cccnc23)cn1)c1ccccc1. The average molecular weight is 340 g/mol. The summed E-state index contributed by atoms with van der Waals surface area (Å²) in [6.07, 6.45) is 3.45. The smallest absolute Gasteiger partial charge is 0.256 e. The second-order valence-electron chi connectivity index (χ2n) is 5.76. The van der Waals surface area contributed by atoms with Gasteiger partial charge in [-0.2, -0.15) is 0 Å². The van der Waals surface area contributed by atoms with E-state index in [2.05, 4.69) is 20.6 Å². The molecule has 5 nitrogen and oxygen atoms in total. The fraction of sp³-hybridized carbons (Fsp3) is 0. The van der Waals surface area contributed by atoms with Crippen molar-refractivity contribution in [2.24, 2.45) is 0 Å². The van der Waals surface area contributed by atoms with Crippen molar-refractivity contribution in [3.8, 4) is 0 Å². The van der Waals surface area contributed by atoms with E-state index in [0.717, 1.165) is 22.3 Å². The van der Waals surface area contributed by atoms with Gasteiger partial charge in [-0.3, -0.25) is 9.78 Å². The van der Waals surface area contributed by atoms with Crippen molar-refractivity contribution in [1.82, 2.24) is 9.97 Å². The number of rotatable bonds is 4. The molecule has 2 N–H and O–H groups in total. The van der Waals surface area contributed by atoms with Crippen LogP contribution in [0.4, 0.5) is 17.2 Å². The van der Waals surface area contributed by atoms with E-state index in [0.29, 0.717) is 11.4 Å². The third-order valence-electron chi connectivity index (χ3n) is 3.95. The number of carbonyl (C=O) groups excluding carboxylic acids is 1. The highest BCUT2D eigenvalue weighted by molar-refractivity contribution is 6.03. The molecule has 5 heteroatoms. The van der Waals surface area contributed by atoms with E-state index in [9.17, 15) is 4.79 Å². The molecule has 0 aliphatic carbocycles. The van der Waals surface area contributed by atoms with Crippen LogP contribution in [-0.4, -0.2) is 15.9 Å². The summed E-state index contributed by atoms with van der Waals surface area (Å²) in [4.78, 5) is 20.9. The highest BCUT2D eigenvalue weighted by Crippen LogP contribution is 2.24. The Hall–Kier alpha value is -3.73. The van der Waals surface area contributed by atoms with Crippen LogP contribution in [0.25, 0.3) is 10.9 Å². The lowest BCUT2D eigenvalue weighted by Crippen LogP contribution is -2.12. The molecule has 126 valence electrons. The zero-order valence-electron chi connectivity index (χ0n) is 13.9. The molecule has 0 unspecified atom stereocenters. The van der Waals surface area contributed by atoms with E-state index in [4.69, 9.17) is 0 Å². The van der Waals surface area contributed by atoms with E-state index in [1.54, 1.807) is 30.6 Å². The molecule has 0 saturated heterocycles. The van der Waals surface area contributed by atoms with Gasteiger partial charge in [0.05, 0.1) is 23.1 Å². The monoisotopic (exact) mass is 340 g/mol. The lowest BCUT2D eigenvalue weighted by Gasteiger charge is -2.10. The van der Waals surface area contributed by atoms with Gasteiger partial charge >= 0.3 is 0 Å². The summed E-state index contributed by atoms with van der Waals surface area (Å²) in [6.45, 7) is 0. The number of nitrogens with one attached hydrogen (secondary N) is 2. The first-order valence-corrected chi connectivity index (χ1v) is 8.23. The summed E-state index contributed by atoms with van der Waals surface area (Å²) in [7, 11) is 0. The van der Waals surface area contributed by atoms with Crippen LogP contribution < -0.4 is 10.6 Å². The largest absolute Gasteiger partial charge is 0.352 e. The number of benzene rings is 2. The molecule has 0 saturated carbocycles. The van der Waals surface area contributed by atoms with Crippen molar-refractivity contribution in [2.45, 2.75) is 0 Å². The fourth-order valence-corrected chi connectivity index (χ4v) is 2.68. The van der Waals surface area contributed by atoms with Crippen LogP contribution in [0.15, 0.2) is 85.2 Å². The van der Waals surface area contributed by atoms with Crippen molar-refractivity contribution in [1.29, 1.82) is 0 Å². The predicted octanol–water partition coefficient (Wildman–Crippen LogP) is 4.63. The van der Waals surface area contributed by atoms with Gasteiger partial charge < -0.3 is 10.6 Å². The van der Waals surface area contributed by atoms with Gasteiger partial charge in [-0.1, -0.05) is 36.4 Å². The Kier molecular flexibility index (Phi) is 4.26. The number of para-hydroxylation sites is 1. The Bertz CT molecular complexity index is 1040. The van der Waals surface area contributed by atoms with Crippen molar-refractivity contribution < 1.29 is 4.79 Å². The lowest BCUT2D eigenvalue weighted by molar-refractivity contribution is 0.102. The third-order valence-corrected chi connectivity index (χ3v) is 3.95. The predicted molar refractivity (Wildman–Crippen MR) is 104 cm³/mol. The van der Waals surface area contributed by atoms with E-state index in [-0.39, 0.29) is 5.91 Å². The van der Waals surface area contributed by atoms with Crippen LogP contribution in [0.3, 0.4) is 0 Å². The number of amides is 1. The summed E-state index contributed by atoms with van der Waals surface area (Å²) in [6, 6.07) is 22.6. The minimum Gasteiger partial charge on any atom is -0.352 e. The second-order valence-corrected chi connectivity index (χ2v) is 5.76. The quantitative estimate of drug-likeness (QED) is 0.568. The van der Waals surface area contributed by atoms with E-state index in [1.165, 1.54) is 0 Å². The summed E-state index contributed by atoms with van der Waals surface area (Å²) in [5, 5.41) is 7.18. The Morgan fingerprint density at radius 3 is 2.46 bits per heavy atom. The van der Waals surface area contributed by atoms with Crippen LogP contribution >= 0.6 is 0 Å². The normalized spacial score (nSPS) is 10.5. The third kappa shape index (κ3) is 3.37. The number of pyridine rings is 2. The molecule has 26 heavy (non-hydrogen) atoms. The van der Waals surface area contributed by atoms with Gasteiger partial charge in [0.2, 0.25) is 0 Å². The van der Waals surface area contributed by atoms with Crippen molar-refractivity contribution >= 4 is 34.0 Å². The Morgan fingerprint density at radius 1 is 0.808 bits per heavy atom. The molecule has 0 aliphatic rings. The average Bonchev–Trinajstić information content (AvgIpc) is 2.70. The number of fused-ring (bicyclic) bond motifs is 1. The minimum absolute atomic E-state index is 0.183. The van der Waals surface area contributed by atoms with Crippen molar-refractivity contribution in [2.75, 3.05) is 10.6 Å². The minimum atomic E-state index is -0.183. The van der Waals surface area contributed by atoms with Gasteiger partial charge in [0.15, 0.2) is 0 Å². The van der Waals surface area contributed by atoms with Crippen LogP contribution in [0.5, 0.6) is 0 Å². The molecule has 1 amide bonds. The zero-order valence-corrected chi connectivity index (χ0v) is 13.9. The summed E-state index contributed by atoms with van der Waals surface area (Å²) >= 11 is 0. The summed E-state index contributed by atoms with van der Waals surface area (Å²) < 4.78 is 0. The molecule has 0 bridgehead atoms. The number of anilines is 3. The molecular formula is C21H16N4O. The Balaban J connectivity index is 1.50. The maximum Gasteiger partial charge on any atom is 0.256 e. The number of aromatic nitrogens is 2. The molecule has 4 aromatic rings. The van der Waals surface area contributed by atoms with Gasteiger partial charge in [0.25, 0.3) is 5.91 Å². The maximum atomic E-state index is 12.2. The van der Waals surface area contributed by atoms with Crippen LogP contribution in [0, 0.1) is 0 Å². The van der Waals surface area contributed by atoms with Crippen molar-refractivity contribution in [3.63, 3.8) is 0 Å². The van der Waals surface area contributed by atoms with E-state index in [1.807, 2.05) is 54.6 Å². The molecular weight excluding hydrogens is 324 g/mol. The molecule has 0 atom stereocenters. The first-order valence-electron chi connectivity index (χ1n) is 8.23. The number of hydrogen-bond donors (Lipinski definition) is 2. The van der Waals surface area contributed by atoms with Crippen molar-refractivity contribution in [3.05, 3.63) is 90.8 Å². The first-order chi connectivity index (χ1) is 12.8. The molecule has 4 rings (SSSR count). The van der Waals surface area contributed by atoms with E-state index >= 15 is 0 Å². The molecule has 0 fully saturated rings. The van der Waals surface area contributed by atoms with Crippen LogP contribution in [0.2, 0.25) is 0 Å². The molecule has 2 heterocycles. The van der Waals surface area contributed by atoms with Gasteiger partial charge in [0, 0.05) is 17.1 Å². The number of hydrogen-bond acceptors (Lipinski definition) is 4. The fourth-order valence-electron chi connectivity index (χ4n) is 2.68. The summed E-state index contributed by atoms with van der Waals surface area (Å²) in [5.41, 5.74) is 3.22. The van der Waals surface area contributed by atoms with Gasteiger partial charge in [-0.05, 0) is 36.4 Å². The zero-order chi connectivity index (χ0) is 17.8. The standard InChI is InChI=1S/C21H16N4O/c26-21(16-6-2-1-3-7-16)25-19-12-11-17(14-23-19)24-18-10-4-8-15-9-5-13-22-20(15)18/h1-14,24H,(H,23,25,26). The van der Waals surface area contributed by atoms with Gasteiger partial charge in [-0.15, -0.1) is 0 Å². The second kappa shape index (κ2) is 7.03. The van der Waals surface area contributed by atoms with Crippen LogP contribution in [-0.2, 0) is 0 Å². The molecule has 0 aliphatic heterocycles. The Morgan fingerprint density at radius 2 is 1.65 bits per heavy atom. The number of carbonyl (C=O) groups is 1. The van der Waals surface area contributed by atoms with E-state index < -0.39 is 0 Å². The molecule has 0 spiro atoms. The van der Waals surface area contributed by atoms with Gasteiger partial charge in [0.1, 0.15) is 5.82 Å². The first kappa shape index (κ1) is 15.8. The topological polar surface area (TPSA) is 66.9 Å². The molecule has 0 radical (unpaired) electrons. The number of nitrogens with zero attached hydrogens (tertiary/aromatic N) is 2. The maximum absolute atomic E-state index is 12.2. The Labute approximate surface area is 150 Å².